The molecule has 1 unspecified atom stereocenters. The molecule has 0 N–H and O–H groups in total. The van der Waals surface area contributed by atoms with Gasteiger partial charge in [-0.1, -0.05) is 91.8 Å². The van der Waals surface area contributed by atoms with Crippen molar-refractivity contribution in [3.05, 3.63) is 89.3 Å². The van der Waals surface area contributed by atoms with Gasteiger partial charge in [0.15, 0.2) is 5.76 Å². The predicted octanol–water partition coefficient (Wildman–Crippen LogP) is 11.0. The Morgan fingerprint density at radius 1 is 0.978 bits per heavy atom. The summed E-state index contributed by atoms with van der Waals surface area (Å²) in [6.45, 7) is 35.9. The van der Waals surface area contributed by atoms with Crippen LogP contribution in [0.5, 0.6) is 0 Å². The number of ether oxygens (including phenoxy) is 1. The van der Waals surface area contributed by atoms with Crippen LogP contribution in [0.15, 0.2) is 89.3 Å². The molecule has 2 heterocycles. The van der Waals surface area contributed by atoms with Crippen LogP contribution in [0.25, 0.3) is 0 Å². The molecular weight excluding hydrogens is 566 g/mol. The van der Waals surface area contributed by atoms with E-state index in [0.717, 1.165) is 68.2 Å². The summed E-state index contributed by atoms with van der Waals surface area (Å²) in [6, 6.07) is 0.592. The molecule has 2 aliphatic heterocycles. The number of carbonyl (C=O) groups excluding carboxylic acids is 1. The van der Waals surface area contributed by atoms with E-state index in [-0.39, 0.29) is 11.9 Å². The third-order valence-electron chi connectivity index (χ3n) is 6.98. The Balaban J connectivity index is -0.000000764. The molecule has 0 radical (unpaired) electrons. The van der Waals surface area contributed by atoms with Gasteiger partial charge < -0.3 is 19.4 Å². The Hall–Kier alpha value is -3.01. The van der Waals surface area contributed by atoms with Gasteiger partial charge in [-0.3, -0.25) is 4.79 Å². The Morgan fingerprint density at radius 3 is 1.93 bits per heavy atom. The molecule has 5 nitrogen and oxygen atoms in total. The van der Waals surface area contributed by atoms with Crippen molar-refractivity contribution >= 4 is 5.91 Å². The lowest BCUT2D eigenvalue weighted by Crippen LogP contribution is -2.49. The first-order valence-electron chi connectivity index (χ1n) is 18.0. The number of rotatable bonds is 7. The molecule has 0 aromatic rings. The van der Waals surface area contributed by atoms with Crippen molar-refractivity contribution < 1.29 is 9.53 Å². The van der Waals surface area contributed by atoms with Gasteiger partial charge in [0, 0.05) is 32.1 Å². The average molecular weight is 640 g/mol. The topological polar surface area (TPSA) is 36.0 Å². The van der Waals surface area contributed by atoms with Gasteiger partial charge in [0.25, 0.3) is 0 Å². The van der Waals surface area contributed by atoms with E-state index < -0.39 is 0 Å². The molecule has 1 amide bonds. The summed E-state index contributed by atoms with van der Waals surface area (Å²) in [5, 5.41) is 0. The lowest BCUT2D eigenvalue weighted by molar-refractivity contribution is -0.128. The minimum absolute atomic E-state index is 0.102. The molecule has 0 aromatic carbocycles. The number of carbonyl (C=O) groups is 1. The van der Waals surface area contributed by atoms with Crippen LogP contribution in [0.1, 0.15) is 123 Å². The van der Waals surface area contributed by atoms with Gasteiger partial charge in [0.05, 0.1) is 5.70 Å². The minimum atomic E-state index is 0.102. The Morgan fingerprint density at radius 2 is 1.54 bits per heavy atom. The third kappa shape index (κ3) is 18.8. The van der Waals surface area contributed by atoms with Crippen molar-refractivity contribution in [3.63, 3.8) is 0 Å². The van der Waals surface area contributed by atoms with Crippen LogP contribution in [0.2, 0.25) is 0 Å². The van der Waals surface area contributed by atoms with Gasteiger partial charge >= 0.3 is 0 Å². The first-order chi connectivity index (χ1) is 22.1. The lowest BCUT2D eigenvalue weighted by Gasteiger charge is -2.46. The van der Waals surface area contributed by atoms with Gasteiger partial charge in [0.2, 0.25) is 5.91 Å². The fourth-order valence-electron chi connectivity index (χ4n) is 4.91. The summed E-state index contributed by atoms with van der Waals surface area (Å²) in [7, 11) is 2.21. The molecule has 3 rings (SSSR count). The average Bonchev–Trinajstić information content (AvgIpc) is 3.24. The van der Waals surface area contributed by atoms with E-state index in [0.29, 0.717) is 6.04 Å². The zero-order chi connectivity index (χ0) is 36.1. The van der Waals surface area contributed by atoms with Crippen molar-refractivity contribution in [2.24, 2.45) is 0 Å². The van der Waals surface area contributed by atoms with Crippen molar-refractivity contribution in [1.29, 1.82) is 0 Å². The molecule has 0 saturated carbocycles. The molecule has 0 spiro atoms. The smallest absolute Gasteiger partial charge is 0.219 e. The molecule has 1 fully saturated rings. The second kappa shape index (κ2) is 30.6. The van der Waals surface area contributed by atoms with Crippen LogP contribution < -0.4 is 0 Å². The van der Waals surface area contributed by atoms with Crippen LogP contribution in [0.4, 0.5) is 0 Å². The zero-order valence-electron chi connectivity index (χ0n) is 32.8. The highest BCUT2D eigenvalue weighted by Gasteiger charge is 2.36. The number of piperidine rings is 1. The molecule has 1 atom stereocenters. The minimum Gasteiger partial charge on any atom is -0.457 e. The molecule has 1 saturated heterocycles. The number of allylic oxidation sites excluding steroid dienone is 8. The Bertz CT molecular complexity index is 1020. The monoisotopic (exact) mass is 640 g/mol. The fourth-order valence-corrected chi connectivity index (χ4v) is 4.91. The summed E-state index contributed by atoms with van der Waals surface area (Å²) in [5.74, 6) is 2.11. The van der Waals surface area contributed by atoms with Crippen molar-refractivity contribution in [3.8, 4) is 0 Å². The highest BCUT2D eigenvalue weighted by atomic mass is 16.5. The molecule has 264 valence electrons. The van der Waals surface area contributed by atoms with Gasteiger partial charge in [-0.05, 0) is 104 Å². The third-order valence-corrected chi connectivity index (χ3v) is 6.98. The predicted molar refractivity (Wildman–Crippen MR) is 206 cm³/mol. The van der Waals surface area contributed by atoms with Crippen LogP contribution in [-0.4, -0.2) is 65.9 Å². The normalized spacial score (nSPS) is 17.7. The van der Waals surface area contributed by atoms with Crippen LogP contribution in [0.3, 0.4) is 0 Å². The molecule has 0 bridgehead atoms. The number of hydrogen-bond donors (Lipinski definition) is 0. The van der Waals surface area contributed by atoms with E-state index in [1.807, 2.05) is 73.6 Å². The van der Waals surface area contributed by atoms with Crippen molar-refractivity contribution in [2.75, 3.05) is 33.2 Å². The number of hydrogen-bond acceptors (Lipinski definition) is 4. The summed E-state index contributed by atoms with van der Waals surface area (Å²) in [6.07, 6.45) is 21.2. The van der Waals surface area contributed by atoms with E-state index in [1.165, 1.54) is 12.0 Å². The van der Waals surface area contributed by atoms with Crippen LogP contribution in [-0.2, 0) is 9.53 Å². The fraction of sp³-hybridized carbons (Fsp3) is 0.610. The lowest BCUT2D eigenvalue weighted by atomic mass is 9.97. The molecule has 46 heavy (non-hydrogen) atoms. The maximum Gasteiger partial charge on any atom is 0.219 e. The highest BCUT2D eigenvalue weighted by Crippen LogP contribution is 2.36. The SMILES string of the molecule is C=CC=CC1/C(=C\CC)OC2=C(C=C=CC(C)=C2)N1C1CCN(C)CC1.CC.CC.CC.CCC=C(C)C.CCN(CC)C(C)=O. The molecule has 0 aromatic heterocycles. The van der Waals surface area contributed by atoms with Gasteiger partial charge in [-0.15, -0.1) is 5.73 Å². The first kappa shape index (κ1) is 47.4. The summed E-state index contributed by atoms with van der Waals surface area (Å²) in [4.78, 5) is 17.3. The molecule has 3 aliphatic rings. The first-order valence-corrected chi connectivity index (χ1v) is 18.0. The quantitative estimate of drug-likeness (QED) is 0.158. The van der Waals surface area contributed by atoms with E-state index >= 15 is 0 Å². The van der Waals surface area contributed by atoms with Crippen LogP contribution in [0, 0.1) is 0 Å². The van der Waals surface area contributed by atoms with Gasteiger partial charge in [-0.25, -0.2) is 0 Å². The standard InChI is InChI=1S/C23H30N2O.C6H13NO.C6H12.3C2H6/c1-5-7-11-20-22(9-6-2)26-23-17-18(3)10-8-12-21(23)25(20)19-13-15-24(4)16-14-19;1-4-7(5-2)6(3)8;1-4-5-6(2)3;3*1-2/h5,7,9-12,17,19-20H,1,6,13-16H2,2-4H3;4-5H2,1-3H3;5H,4H2,1-3H3;3*1-2H3/b11-7?,22-9+;;;;;. The number of amides is 1. The second-order valence-electron chi connectivity index (χ2n) is 10.6. The Kier molecular flexibility index (Phi) is 31.6. The summed E-state index contributed by atoms with van der Waals surface area (Å²) in [5.41, 5.74) is 7.04. The number of nitrogens with zero attached hydrogens (tertiary/aromatic N) is 3. The van der Waals surface area contributed by atoms with E-state index in [4.69, 9.17) is 4.74 Å². The summed E-state index contributed by atoms with van der Waals surface area (Å²) >= 11 is 0. The maximum absolute atomic E-state index is 10.5. The highest BCUT2D eigenvalue weighted by molar-refractivity contribution is 5.73. The van der Waals surface area contributed by atoms with Crippen molar-refractivity contribution in [2.45, 2.75) is 135 Å². The van der Waals surface area contributed by atoms with E-state index in [1.54, 1.807) is 11.8 Å². The Labute approximate surface area is 286 Å². The summed E-state index contributed by atoms with van der Waals surface area (Å²) < 4.78 is 6.37. The largest absolute Gasteiger partial charge is 0.457 e. The van der Waals surface area contributed by atoms with Crippen LogP contribution >= 0.6 is 0 Å². The zero-order valence-corrected chi connectivity index (χ0v) is 32.8. The molecular formula is C41H73N3O2. The molecule has 5 heteroatoms. The van der Waals surface area contributed by atoms with Crippen molar-refractivity contribution in [1.82, 2.24) is 14.7 Å². The second-order valence-corrected chi connectivity index (χ2v) is 10.6. The van der Waals surface area contributed by atoms with E-state index in [2.05, 4.69) is 94.2 Å². The van der Waals surface area contributed by atoms with E-state index in [9.17, 15) is 4.79 Å². The maximum atomic E-state index is 10.5. The molecule has 1 aliphatic carbocycles. The van der Waals surface area contributed by atoms with Gasteiger partial charge in [0.1, 0.15) is 11.8 Å². The van der Waals surface area contributed by atoms with Gasteiger partial charge in [-0.2, -0.15) is 0 Å². The number of likely N-dealkylation sites (tertiary alicyclic amines) is 1.